The van der Waals surface area contributed by atoms with Crippen molar-refractivity contribution >= 4 is 28.4 Å². The molecule has 1 unspecified atom stereocenters. The molecule has 4 rings (SSSR count). The number of rotatable bonds is 4. The van der Waals surface area contributed by atoms with E-state index in [1.54, 1.807) is 18.2 Å². The van der Waals surface area contributed by atoms with E-state index in [4.69, 9.17) is 4.74 Å². The molecular formula is C22H21F3N5O+. The average Bonchev–Trinajstić information content (AvgIpc) is 3.11. The molecule has 1 atom stereocenters. The lowest BCUT2D eigenvalue weighted by Gasteiger charge is -2.14. The molecule has 160 valence electrons. The number of guanidine groups is 1. The van der Waals surface area contributed by atoms with E-state index in [0.717, 1.165) is 18.2 Å². The monoisotopic (exact) mass is 428 g/mol. The van der Waals surface area contributed by atoms with Crippen LogP contribution in [0.4, 0.5) is 19.0 Å². The number of nitrogens with zero attached hydrogens (tertiary/aromatic N) is 3. The lowest BCUT2D eigenvalue weighted by molar-refractivity contribution is -0.478. The van der Waals surface area contributed by atoms with E-state index in [1.807, 2.05) is 13.8 Å². The van der Waals surface area contributed by atoms with E-state index in [-0.39, 0.29) is 17.4 Å². The number of ether oxygens (including phenoxy) is 1. The largest absolute Gasteiger partial charge is 0.494 e. The molecule has 2 heterocycles. The summed E-state index contributed by atoms with van der Waals surface area (Å²) in [4.78, 5) is 16.6. The highest BCUT2D eigenvalue weighted by Crippen LogP contribution is 2.38. The fraction of sp³-hybridized carbons (Fsp3) is 0.273. The predicted octanol–water partition coefficient (Wildman–Crippen LogP) is 3.43. The van der Waals surface area contributed by atoms with Crippen molar-refractivity contribution in [3.8, 4) is 17.1 Å². The van der Waals surface area contributed by atoms with Gasteiger partial charge >= 0.3 is 12.1 Å². The van der Waals surface area contributed by atoms with Gasteiger partial charge in [0.15, 0.2) is 5.82 Å². The number of alkyl halides is 3. The van der Waals surface area contributed by atoms with Crippen LogP contribution in [0, 0.1) is 0 Å². The maximum Gasteiger partial charge on any atom is 0.417 e. The number of halogens is 3. The second-order valence-corrected chi connectivity index (χ2v) is 7.13. The number of aliphatic imine (C=N–C) groups is 1. The zero-order chi connectivity index (χ0) is 22.2. The first kappa shape index (κ1) is 20.8. The van der Waals surface area contributed by atoms with E-state index in [1.165, 1.54) is 25.3 Å². The highest BCUT2D eigenvalue weighted by atomic mass is 19.4. The lowest BCUT2D eigenvalue weighted by Crippen LogP contribution is -2.79. The Bertz CT molecular complexity index is 1200. The van der Waals surface area contributed by atoms with Gasteiger partial charge in [0, 0.05) is 5.56 Å². The predicted molar refractivity (Wildman–Crippen MR) is 113 cm³/mol. The SMILES string of the molecule is CCC1[NH+]=C(Nc2nc(-c3ccccc3C(F)(F)F)nc3c(OC)cccc23)N=C1C. The third-order valence-electron chi connectivity index (χ3n) is 5.13. The summed E-state index contributed by atoms with van der Waals surface area (Å²) in [7, 11) is 1.49. The molecule has 0 fully saturated rings. The summed E-state index contributed by atoms with van der Waals surface area (Å²) in [6.45, 7) is 3.96. The molecule has 0 saturated carbocycles. The van der Waals surface area contributed by atoms with Crippen molar-refractivity contribution in [1.82, 2.24) is 9.97 Å². The second kappa shape index (κ2) is 7.98. The van der Waals surface area contributed by atoms with Crippen LogP contribution in [-0.4, -0.2) is 34.8 Å². The first-order valence-electron chi connectivity index (χ1n) is 9.79. The fourth-order valence-corrected chi connectivity index (χ4v) is 3.56. The Morgan fingerprint density at radius 3 is 2.55 bits per heavy atom. The molecule has 9 heteroatoms. The summed E-state index contributed by atoms with van der Waals surface area (Å²) in [6, 6.07) is 10.6. The number of para-hydroxylation sites is 1. The smallest absolute Gasteiger partial charge is 0.417 e. The molecule has 1 aliphatic rings. The molecule has 0 spiro atoms. The molecular weight excluding hydrogens is 407 g/mol. The first-order chi connectivity index (χ1) is 14.8. The molecule has 2 aromatic carbocycles. The van der Waals surface area contributed by atoms with Gasteiger partial charge in [-0.05, 0) is 31.5 Å². The van der Waals surface area contributed by atoms with Gasteiger partial charge in [-0.1, -0.05) is 36.2 Å². The Balaban J connectivity index is 1.92. The number of benzene rings is 2. The van der Waals surface area contributed by atoms with Gasteiger partial charge in [-0.3, -0.25) is 4.99 Å². The Labute approximate surface area is 176 Å². The molecule has 0 radical (unpaired) electrons. The van der Waals surface area contributed by atoms with Crippen molar-refractivity contribution in [2.24, 2.45) is 4.99 Å². The minimum absolute atomic E-state index is 0.0567. The van der Waals surface area contributed by atoms with Gasteiger partial charge in [-0.15, -0.1) is 0 Å². The summed E-state index contributed by atoms with van der Waals surface area (Å²) in [5.74, 6) is 1.21. The standard InChI is InChI=1S/C22H20F3N5O/c1-4-16-12(2)26-21(27-16)30-20-14-9-7-11-17(31-3)18(14)28-19(29-20)13-8-5-6-10-15(13)22(23,24)25/h5-11,16H,4H2,1-3H3,(H,27,28,29,30)/p+1. The number of methoxy groups -OCH3 is 1. The summed E-state index contributed by atoms with van der Waals surface area (Å²) >= 11 is 0. The van der Waals surface area contributed by atoms with Gasteiger partial charge in [-0.25, -0.2) is 10.3 Å². The zero-order valence-corrected chi connectivity index (χ0v) is 17.2. The summed E-state index contributed by atoms with van der Waals surface area (Å²) in [6.07, 6.45) is -3.69. The summed E-state index contributed by atoms with van der Waals surface area (Å²) < 4.78 is 46.3. The number of fused-ring (bicyclic) bond motifs is 1. The van der Waals surface area contributed by atoms with Crippen molar-refractivity contribution in [3.63, 3.8) is 0 Å². The molecule has 0 bridgehead atoms. The van der Waals surface area contributed by atoms with Crippen molar-refractivity contribution in [2.75, 3.05) is 12.4 Å². The lowest BCUT2D eigenvalue weighted by atomic mass is 10.1. The Morgan fingerprint density at radius 1 is 1.10 bits per heavy atom. The summed E-state index contributed by atoms with van der Waals surface area (Å²) in [5, 5.41) is 3.73. The maximum absolute atomic E-state index is 13.6. The zero-order valence-electron chi connectivity index (χ0n) is 17.2. The number of hydrogen-bond donors (Lipinski definition) is 2. The third-order valence-corrected chi connectivity index (χ3v) is 5.13. The summed E-state index contributed by atoms with van der Waals surface area (Å²) in [5.41, 5.74) is 0.410. The van der Waals surface area contributed by atoms with Crippen LogP contribution < -0.4 is 15.0 Å². The number of nitrogens with one attached hydrogen (secondary N) is 2. The second-order valence-electron chi connectivity index (χ2n) is 7.13. The highest BCUT2D eigenvalue weighted by Gasteiger charge is 2.34. The van der Waals surface area contributed by atoms with E-state index < -0.39 is 11.7 Å². The molecule has 31 heavy (non-hydrogen) atoms. The van der Waals surface area contributed by atoms with Crippen LogP contribution >= 0.6 is 0 Å². The van der Waals surface area contributed by atoms with Crippen LogP contribution in [0.25, 0.3) is 22.3 Å². The number of aromatic nitrogens is 2. The van der Waals surface area contributed by atoms with Crippen LogP contribution in [0.1, 0.15) is 25.8 Å². The topological polar surface area (TPSA) is 73.4 Å². The molecule has 1 aliphatic heterocycles. The van der Waals surface area contributed by atoms with Crippen molar-refractivity contribution in [2.45, 2.75) is 32.5 Å². The van der Waals surface area contributed by atoms with Gasteiger partial charge in [0.1, 0.15) is 23.0 Å². The van der Waals surface area contributed by atoms with Gasteiger partial charge in [-0.2, -0.15) is 18.2 Å². The molecule has 2 N–H and O–H groups in total. The van der Waals surface area contributed by atoms with E-state index in [0.29, 0.717) is 28.4 Å². The first-order valence-corrected chi connectivity index (χ1v) is 9.79. The fourth-order valence-electron chi connectivity index (χ4n) is 3.56. The van der Waals surface area contributed by atoms with Crippen LogP contribution in [0.3, 0.4) is 0 Å². The quantitative estimate of drug-likeness (QED) is 0.668. The molecule has 3 aromatic rings. The van der Waals surface area contributed by atoms with Gasteiger partial charge in [0.2, 0.25) is 5.82 Å². The van der Waals surface area contributed by atoms with Crippen molar-refractivity contribution < 1.29 is 22.9 Å². The van der Waals surface area contributed by atoms with Gasteiger partial charge < -0.3 is 4.74 Å². The minimum Gasteiger partial charge on any atom is -0.494 e. The highest BCUT2D eigenvalue weighted by molar-refractivity contribution is 6.07. The Morgan fingerprint density at radius 2 is 1.87 bits per heavy atom. The molecule has 6 nitrogen and oxygen atoms in total. The maximum atomic E-state index is 13.6. The molecule has 0 saturated heterocycles. The van der Waals surface area contributed by atoms with E-state index in [9.17, 15) is 13.2 Å². The average molecular weight is 428 g/mol. The number of hydrogen-bond acceptors (Lipinski definition) is 5. The minimum atomic E-state index is -4.54. The van der Waals surface area contributed by atoms with Crippen LogP contribution in [0.5, 0.6) is 5.75 Å². The van der Waals surface area contributed by atoms with Crippen LogP contribution in [0.15, 0.2) is 47.5 Å². The Kier molecular flexibility index (Phi) is 5.34. The molecule has 0 aliphatic carbocycles. The third kappa shape index (κ3) is 3.95. The van der Waals surface area contributed by atoms with Crippen molar-refractivity contribution in [3.05, 3.63) is 48.0 Å². The van der Waals surface area contributed by atoms with Gasteiger partial charge in [0.25, 0.3) is 0 Å². The van der Waals surface area contributed by atoms with E-state index in [2.05, 4.69) is 25.3 Å². The molecule has 1 aromatic heterocycles. The molecule has 0 amide bonds. The van der Waals surface area contributed by atoms with Crippen molar-refractivity contribution in [1.29, 1.82) is 0 Å². The van der Waals surface area contributed by atoms with Crippen LogP contribution in [0.2, 0.25) is 0 Å². The van der Waals surface area contributed by atoms with Gasteiger partial charge in [0.05, 0.1) is 18.1 Å². The van der Waals surface area contributed by atoms with E-state index >= 15 is 0 Å². The van der Waals surface area contributed by atoms with Crippen LogP contribution in [-0.2, 0) is 6.18 Å². The Hall–Kier alpha value is -3.49. The normalized spacial score (nSPS) is 16.3. The number of anilines is 1.